The lowest BCUT2D eigenvalue weighted by Crippen LogP contribution is -1.97. The third-order valence-corrected chi connectivity index (χ3v) is 2.87. The molecule has 96 valence electrons. The molecule has 0 spiro atoms. The molecule has 4 heteroatoms. The SMILES string of the molecule is COc1ccc(Cc2coc(N)n2)cc1C(C)C. The molecule has 0 unspecified atom stereocenters. The highest BCUT2D eigenvalue weighted by molar-refractivity contribution is 5.40. The number of nitrogens with two attached hydrogens (primary N) is 1. The van der Waals surface area contributed by atoms with Gasteiger partial charge in [-0.2, -0.15) is 4.98 Å². The van der Waals surface area contributed by atoms with E-state index in [1.54, 1.807) is 13.4 Å². The largest absolute Gasteiger partial charge is 0.496 e. The topological polar surface area (TPSA) is 61.3 Å². The molecule has 1 heterocycles. The Morgan fingerprint density at radius 2 is 2.17 bits per heavy atom. The maximum atomic E-state index is 5.46. The normalized spacial score (nSPS) is 10.9. The fourth-order valence-electron chi connectivity index (χ4n) is 1.96. The van der Waals surface area contributed by atoms with Crippen molar-refractivity contribution in [3.8, 4) is 5.75 Å². The number of nitrogens with zero attached hydrogens (tertiary/aromatic N) is 1. The molecule has 0 saturated heterocycles. The van der Waals surface area contributed by atoms with Gasteiger partial charge in [0, 0.05) is 6.42 Å². The molecule has 0 fully saturated rings. The van der Waals surface area contributed by atoms with Gasteiger partial charge in [-0.25, -0.2) is 0 Å². The van der Waals surface area contributed by atoms with Crippen molar-refractivity contribution in [2.24, 2.45) is 0 Å². The molecule has 0 aliphatic rings. The Kier molecular flexibility index (Phi) is 3.55. The van der Waals surface area contributed by atoms with Crippen LogP contribution in [-0.4, -0.2) is 12.1 Å². The van der Waals surface area contributed by atoms with Crippen LogP contribution in [0.1, 0.15) is 36.6 Å². The maximum absolute atomic E-state index is 5.46. The molecule has 1 aromatic heterocycles. The summed E-state index contributed by atoms with van der Waals surface area (Å²) in [6.07, 6.45) is 2.30. The second-order valence-electron chi connectivity index (χ2n) is 4.58. The van der Waals surface area contributed by atoms with Gasteiger partial charge in [0.05, 0.1) is 12.8 Å². The van der Waals surface area contributed by atoms with Crippen molar-refractivity contribution in [2.45, 2.75) is 26.2 Å². The Morgan fingerprint density at radius 3 is 2.72 bits per heavy atom. The summed E-state index contributed by atoms with van der Waals surface area (Å²) in [6.45, 7) is 4.30. The van der Waals surface area contributed by atoms with Crippen LogP contribution >= 0.6 is 0 Å². The number of nitrogen functional groups attached to an aromatic ring is 1. The van der Waals surface area contributed by atoms with Crippen molar-refractivity contribution in [2.75, 3.05) is 12.8 Å². The highest BCUT2D eigenvalue weighted by Gasteiger charge is 2.09. The van der Waals surface area contributed by atoms with Gasteiger partial charge < -0.3 is 14.9 Å². The first-order chi connectivity index (χ1) is 8.60. The second kappa shape index (κ2) is 5.12. The van der Waals surface area contributed by atoms with Crippen LogP contribution in [0.3, 0.4) is 0 Å². The standard InChI is InChI=1S/C14H18N2O2/c1-9(2)12-7-10(4-5-13(12)17-3)6-11-8-18-14(15)16-11/h4-5,7-9H,6H2,1-3H3,(H2,15,16). The van der Waals surface area contributed by atoms with Crippen LogP contribution in [0, 0.1) is 0 Å². The quantitative estimate of drug-likeness (QED) is 0.900. The molecular formula is C14H18N2O2. The molecule has 0 amide bonds. The molecule has 2 N–H and O–H groups in total. The van der Waals surface area contributed by atoms with E-state index in [0.717, 1.165) is 11.4 Å². The molecule has 0 aliphatic carbocycles. The number of rotatable bonds is 4. The Bertz CT molecular complexity index is 532. The Balaban J connectivity index is 2.26. The summed E-state index contributed by atoms with van der Waals surface area (Å²) < 4.78 is 10.4. The highest BCUT2D eigenvalue weighted by Crippen LogP contribution is 2.28. The van der Waals surface area contributed by atoms with E-state index >= 15 is 0 Å². The van der Waals surface area contributed by atoms with Crippen molar-refractivity contribution >= 4 is 6.01 Å². The third kappa shape index (κ3) is 2.64. The van der Waals surface area contributed by atoms with Crippen LogP contribution in [0.4, 0.5) is 6.01 Å². The summed E-state index contributed by atoms with van der Waals surface area (Å²) in [6, 6.07) is 6.39. The lowest BCUT2D eigenvalue weighted by Gasteiger charge is -2.13. The second-order valence-corrected chi connectivity index (χ2v) is 4.58. The molecule has 0 bridgehead atoms. The van der Waals surface area contributed by atoms with E-state index in [1.165, 1.54) is 11.1 Å². The maximum Gasteiger partial charge on any atom is 0.292 e. The fourth-order valence-corrected chi connectivity index (χ4v) is 1.96. The molecular weight excluding hydrogens is 228 g/mol. The number of hydrogen-bond acceptors (Lipinski definition) is 4. The zero-order valence-corrected chi connectivity index (χ0v) is 10.9. The highest BCUT2D eigenvalue weighted by atomic mass is 16.5. The third-order valence-electron chi connectivity index (χ3n) is 2.87. The van der Waals surface area contributed by atoms with Gasteiger partial charge in [0.25, 0.3) is 6.01 Å². The van der Waals surface area contributed by atoms with E-state index in [-0.39, 0.29) is 6.01 Å². The van der Waals surface area contributed by atoms with E-state index in [4.69, 9.17) is 14.9 Å². The Morgan fingerprint density at radius 1 is 1.39 bits per heavy atom. The van der Waals surface area contributed by atoms with Gasteiger partial charge in [0.15, 0.2) is 0 Å². The number of benzene rings is 1. The van der Waals surface area contributed by atoms with Crippen molar-refractivity contribution in [1.29, 1.82) is 0 Å². The first kappa shape index (κ1) is 12.5. The average molecular weight is 246 g/mol. The van der Waals surface area contributed by atoms with Gasteiger partial charge in [-0.1, -0.05) is 26.0 Å². The minimum atomic E-state index is 0.211. The van der Waals surface area contributed by atoms with Crippen molar-refractivity contribution < 1.29 is 9.15 Å². The molecule has 1 aromatic carbocycles. The number of hydrogen-bond donors (Lipinski definition) is 1. The Labute approximate surface area is 107 Å². The first-order valence-electron chi connectivity index (χ1n) is 5.97. The van der Waals surface area contributed by atoms with E-state index < -0.39 is 0 Å². The molecule has 0 atom stereocenters. The van der Waals surface area contributed by atoms with Crippen molar-refractivity contribution in [3.63, 3.8) is 0 Å². The van der Waals surface area contributed by atoms with Crippen LogP contribution in [0.2, 0.25) is 0 Å². The predicted molar refractivity (Wildman–Crippen MR) is 70.8 cm³/mol. The van der Waals surface area contributed by atoms with Gasteiger partial charge in [-0.3, -0.25) is 0 Å². The number of methoxy groups -OCH3 is 1. The first-order valence-corrected chi connectivity index (χ1v) is 5.97. The fraction of sp³-hybridized carbons (Fsp3) is 0.357. The van der Waals surface area contributed by atoms with Crippen LogP contribution in [0.5, 0.6) is 5.75 Å². The van der Waals surface area contributed by atoms with Crippen molar-refractivity contribution in [1.82, 2.24) is 4.98 Å². The Hall–Kier alpha value is -1.97. The number of ether oxygens (including phenoxy) is 1. The summed E-state index contributed by atoms with van der Waals surface area (Å²) in [7, 11) is 1.69. The summed E-state index contributed by atoms with van der Waals surface area (Å²) in [5, 5.41) is 0. The summed E-state index contributed by atoms with van der Waals surface area (Å²) in [4.78, 5) is 4.10. The summed E-state index contributed by atoms with van der Waals surface area (Å²) >= 11 is 0. The lowest BCUT2D eigenvalue weighted by molar-refractivity contribution is 0.407. The van der Waals surface area contributed by atoms with Gasteiger partial charge in [-0.15, -0.1) is 0 Å². The monoisotopic (exact) mass is 246 g/mol. The van der Waals surface area contributed by atoms with Crippen LogP contribution in [0.25, 0.3) is 0 Å². The predicted octanol–water partition coefficient (Wildman–Crippen LogP) is 2.98. The van der Waals surface area contributed by atoms with Gasteiger partial charge in [0.2, 0.25) is 0 Å². The number of oxazole rings is 1. The molecule has 2 rings (SSSR count). The number of aromatic nitrogens is 1. The average Bonchev–Trinajstić information content (AvgIpc) is 2.74. The smallest absolute Gasteiger partial charge is 0.292 e. The van der Waals surface area contributed by atoms with E-state index in [0.29, 0.717) is 12.3 Å². The molecule has 0 saturated carbocycles. The van der Waals surface area contributed by atoms with Crippen molar-refractivity contribution in [3.05, 3.63) is 41.3 Å². The summed E-state index contributed by atoms with van der Waals surface area (Å²) in [5.41, 5.74) is 8.67. The van der Waals surface area contributed by atoms with E-state index in [2.05, 4.69) is 24.9 Å². The zero-order chi connectivity index (χ0) is 13.1. The molecule has 2 aromatic rings. The van der Waals surface area contributed by atoms with Crippen LogP contribution in [-0.2, 0) is 6.42 Å². The molecule has 18 heavy (non-hydrogen) atoms. The number of anilines is 1. The molecule has 0 aliphatic heterocycles. The van der Waals surface area contributed by atoms with E-state index in [9.17, 15) is 0 Å². The van der Waals surface area contributed by atoms with Gasteiger partial charge in [0.1, 0.15) is 12.0 Å². The zero-order valence-electron chi connectivity index (χ0n) is 10.9. The molecule has 0 radical (unpaired) electrons. The summed E-state index contributed by atoms with van der Waals surface area (Å²) in [5.74, 6) is 1.34. The minimum Gasteiger partial charge on any atom is -0.496 e. The lowest BCUT2D eigenvalue weighted by atomic mass is 9.98. The van der Waals surface area contributed by atoms with E-state index in [1.807, 2.05) is 12.1 Å². The minimum absolute atomic E-state index is 0.211. The molecule has 4 nitrogen and oxygen atoms in total. The van der Waals surface area contributed by atoms with Crippen LogP contribution in [0.15, 0.2) is 28.9 Å². The van der Waals surface area contributed by atoms with Crippen LogP contribution < -0.4 is 10.5 Å². The van der Waals surface area contributed by atoms with Gasteiger partial charge >= 0.3 is 0 Å². The van der Waals surface area contributed by atoms with Gasteiger partial charge in [-0.05, 0) is 23.1 Å².